The van der Waals surface area contributed by atoms with Gasteiger partial charge in [0.1, 0.15) is 6.61 Å². The zero-order chi connectivity index (χ0) is 23.1. The van der Waals surface area contributed by atoms with Crippen molar-refractivity contribution in [1.29, 1.82) is 0 Å². The Labute approximate surface area is 189 Å². The van der Waals surface area contributed by atoms with Gasteiger partial charge in [-0.15, -0.1) is 0 Å². The summed E-state index contributed by atoms with van der Waals surface area (Å²) in [6.07, 6.45) is 1.70. The molecule has 8 nitrogen and oxygen atoms in total. The number of amides is 1. The van der Waals surface area contributed by atoms with E-state index >= 15 is 0 Å². The first-order chi connectivity index (χ1) is 15.8. The molecule has 1 unspecified atom stereocenters. The number of carbonyl (C=O) groups excluding carboxylic acids is 2. The first-order valence-electron chi connectivity index (χ1n) is 11.2. The molecule has 1 amide bonds. The van der Waals surface area contributed by atoms with Gasteiger partial charge in [-0.05, 0) is 42.5 Å². The molecule has 8 heteroatoms. The number of aromatic nitrogens is 2. The van der Waals surface area contributed by atoms with Crippen molar-refractivity contribution in [2.45, 2.75) is 57.9 Å². The minimum atomic E-state index is -1.86. The van der Waals surface area contributed by atoms with Gasteiger partial charge in [-0.25, -0.2) is 9.78 Å². The van der Waals surface area contributed by atoms with Crippen LogP contribution in [0.1, 0.15) is 60.5 Å². The van der Waals surface area contributed by atoms with Crippen molar-refractivity contribution in [2.75, 3.05) is 0 Å². The molecule has 0 saturated heterocycles. The van der Waals surface area contributed by atoms with E-state index in [1.807, 2.05) is 12.1 Å². The Bertz CT molecular complexity index is 1460. The van der Waals surface area contributed by atoms with Gasteiger partial charge in [0.2, 0.25) is 5.91 Å². The summed E-state index contributed by atoms with van der Waals surface area (Å²) in [7, 11) is 0. The Morgan fingerprint density at radius 3 is 2.91 bits per heavy atom. The molecule has 2 aromatic heterocycles. The first kappa shape index (κ1) is 20.1. The van der Waals surface area contributed by atoms with Crippen LogP contribution in [0.5, 0.6) is 0 Å². The zero-order valence-electron chi connectivity index (χ0n) is 18.4. The van der Waals surface area contributed by atoms with Crippen LogP contribution >= 0.6 is 0 Å². The number of cyclic esters (lactones) is 1. The fourth-order valence-electron chi connectivity index (χ4n) is 5.67. The highest BCUT2D eigenvalue weighted by Gasteiger charge is 2.45. The summed E-state index contributed by atoms with van der Waals surface area (Å²) in [5, 5.41) is 15.2. The monoisotopic (exact) mass is 445 g/mol. The average Bonchev–Trinajstić information content (AvgIpc) is 3.16. The standard InChI is InChI=1S/C25H23N3O5/c1-3-25(32)16-9-19-22-14(10-28(19)23(30)15(16)11-33-24(25)31)21-18(26-12(2)29)8-7-13-5-4-6-17(27-22)20(13)21/h4-6,9,18,32H,3,7-8,10-11H2,1-2H3,(H,26,29)/t18?,25-/m0/s1. The highest BCUT2D eigenvalue weighted by Crippen LogP contribution is 2.44. The maximum atomic E-state index is 13.5. The van der Waals surface area contributed by atoms with Crippen molar-refractivity contribution in [3.63, 3.8) is 0 Å². The van der Waals surface area contributed by atoms with Crippen molar-refractivity contribution < 1.29 is 19.4 Å². The lowest BCUT2D eigenvalue weighted by atomic mass is 9.83. The number of hydrogen-bond donors (Lipinski definition) is 2. The van der Waals surface area contributed by atoms with E-state index in [0.29, 0.717) is 29.1 Å². The molecule has 168 valence electrons. The normalized spacial score (nSPS) is 22.4. The molecule has 0 saturated carbocycles. The zero-order valence-corrected chi connectivity index (χ0v) is 18.4. The quantitative estimate of drug-likeness (QED) is 0.458. The molecule has 1 aromatic carbocycles. The molecule has 33 heavy (non-hydrogen) atoms. The van der Waals surface area contributed by atoms with Crippen LogP contribution in [0.15, 0.2) is 29.1 Å². The van der Waals surface area contributed by atoms with Crippen molar-refractivity contribution >= 4 is 22.8 Å². The third-order valence-corrected chi connectivity index (χ3v) is 7.27. The number of nitrogens with one attached hydrogen (secondary N) is 1. The summed E-state index contributed by atoms with van der Waals surface area (Å²) in [5.41, 5.74) is 3.58. The number of benzene rings is 1. The second kappa shape index (κ2) is 6.74. The summed E-state index contributed by atoms with van der Waals surface area (Å²) < 4.78 is 6.80. The third-order valence-electron chi connectivity index (χ3n) is 7.27. The van der Waals surface area contributed by atoms with E-state index in [2.05, 4.69) is 11.4 Å². The van der Waals surface area contributed by atoms with E-state index in [-0.39, 0.29) is 30.5 Å². The van der Waals surface area contributed by atoms with Gasteiger partial charge in [0, 0.05) is 23.4 Å². The van der Waals surface area contributed by atoms with Gasteiger partial charge < -0.3 is 19.7 Å². The van der Waals surface area contributed by atoms with Gasteiger partial charge in [0.05, 0.1) is 35.1 Å². The minimum absolute atomic E-state index is 0.0962. The number of fused-ring (bicyclic) bond motifs is 5. The fraction of sp³-hybridized carbons (Fsp3) is 0.360. The Morgan fingerprint density at radius 2 is 2.15 bits per heavy atom. The number of aryl methyl sites for hydroxylation is 1. The average molecular weight is 445 g/mol. The molecule has 3 aromatic rings. The number of esters is 1. The molecule has 0 fully saturated rings. The summed E-state index contributed by atoms with van der Waals surface area (Å²) in [6.45, 7) is 3.35. The van der Waals surface area contributed by atoms with E-state index in [4.69, 9.17) is 9.72 Å². The Kier molecular flexibility index (Phi) is 4.11. The molecular weight excluding hydrogens is 422 g/mol. The van der Waals surface area contributed by atoms with Crippen molar-refractivity contribution in [2.24, 2.45) is 0 Å². The van der Waals surface area contributed by atoms with Gasteiger partial charge >= 0.3 is 5.97 Å². The van der Waals surface area contributed by atoms with Crippen LogP contribution in [-0.2, 0) is 39.5 Å². The molecule has 0 bridgehead atoms. The fourth-order valence-corrected chi connectivity index (χ4v) is 5.67. The molecule has 0 spiro atoms. The topological polar surface area (TPSA) is 111 Å². The predicted molar refractivity (Wildman–Crippen MR) is 119 cm³/mol. The van der Waals surface area contributed by atoms with Crippen molar-refractivity contribution in [3.8, 4) is 11.4 Å². The number of carbonyl (C=O) groups is 2. The van der Waals surface area contributed by atoms with Gasteiger partial charge in [0.15, 0.2) is 5.60 Å². The van der Waals surface area contributed by atoms with Crippen molar-refractivity contribution in [3.05, 3.63) is 62.4 Å². The molecule has 0 radical (unpaired) electrons. The SMILES string of the molecule is CC[C@@]1(O)C(=O)OCc2c1cc1n(c2=O)Cc2c-1nc1cccc3c1c2C(NC(C)=O)CC3. The second-order valence-corrected chi connectivity index (χ2v) is 9.06. The number of hydrogen-bond acceptors (Lipinski definition) is 6. The highest BCUT2D eigenvalue weighted by atomic mass is 16.6. The Morgan fingerprint density at radius 1 is 1.33 bits per heavy atom. The summed E-state index contributed by atoms with van der Waals surface area (Å²) in [5.74, 6) is -0.845. The third kappa shape index (κ3) is 2.61. The van der Waals surface area contributed by atoms with E-state index in [9.17, 15) is 19.5 Å². The number of rotatable bonds is 2. The van der Waals surface area contributed by atoms with Gasteiger partial charge in [-0.2, -0.15) is 0 Å². The van der Waals surface area contributed by atoms with Gasteiger partial charge in [-0.3, -0.25) is 9.59 Å². The van der Waals surface area contributed by atoms with Crippen LogP contribution < -0.4 is 10.9 Å². The van der Waals surface area contributed by atoms with E-state index in [0.717, 1.165) is 34.9 Å². The molecular formula is C25H23N3O5. The summed E-state index contributed by atoms with van der Waals surface area (Å²) >= 11 is 0. The van der Waals surface area contributed by atoms with Gasteiger partial charge in [-0.1, -0.05) is 19.1 Å². The maximum Gasteiger partial charge on any atom is 0.343 e. The summed E-state index contributed by atoms with van der Waals surface area (Å²) in [6, 6.07) is 7.55. The van der Waals surface area contributed by atoms with Crippen LogP contribution in [0.2, 0.25) is 0 Å². The van der Waals surface area contributed by atoms with E-state index < -0.39 is 11.6 Å². The number of ether oxygens (including phenoxy) is 1. The number of aliphatic hydroxyl groups is 1. The maximum absolute atomic E-state index is 13.5. The predicted octanol–water partition coefficient (Wildman–Crippen LogP) is 2.20. The molecule has 4 heterocycles. The molecule has 2 atom stereocenters. The molecule has 2 aliphatic heterocycles. The van der Waals surface area contributed by atoms with Gasteiger partial charge in [0.25, 0.3) is 5.56 Å². The van der Waals surface area contributed by atoms with Crippen molar-refractivity contribution in [1.82, 2.24) is 14.9 Å². The Hall–Kier alpha value is -3.52. The Balaban J connectivity index is 1.66. The molecule has 1 aliphatic carbocycles. The first-order valence-corrected chi connectivity index (χ1v) is 11.2. The van der Waals surface area contributed by atoms with E-state index in [1.165, 1.54) is 12.5 Å². The number of pyridine rings is 2. The largest absolute Gasteiger partial charge is 0.458 e. The lowest BCUT2D eigenvalue weighted by Crippen LogP contribution is -2.44. The van der Waals surface area contributed by atoms with Crippen LogP contribution in [0, 0.1) is 0 Å². The highest BCUT2D eigenvalue weighted by molar-refractivity contribution is 5.93. The lowest BCUT2D eigenvalue weighted by Gasteiger charge is -2.31. The molecule has 2 N–H and O–H groups in total. The van der Waals surface area contributed by atoms with Crippen LogP contribution in [0.3, 0.4) is 0 Å². The lowest BCUT2D eigenvalue weighted by molar-refractivity contribution is -0.172. The second-order valence-electron chi connectivity index (χ2n) is 9.06. The molecule has 3 aliphatic rings. The summed E-state index contributed by atoms with van der Waals surface area (Å²) in [4.78, 5) is 42.8. The smallest absolute Gasteiger partial charge is 0.343 e. The van der Waals surface area contributed by atoms with E-state index in [1.54, 1.807) is 17.6 Å². The minimum Gasteiger partial charge on any atom is -0.458 e. The molecule has 6 rings (SSSR count). The number of nitrogens with zero attached hydrogens (tertiary/aromatic N) is 2. The van der Waals surface area contributed by atoms with Crippen LogP contribution in [0.4, 0.5) is 0 Å². The van der Waals surface area contributed by atoms with Crippen LogP contribution in [-0.4, -0.2) is 26.5 Å². The van der Waals surface area contributed by atoms with Crippen LogP contribution in [0.25, 0.3) is 22.3 Å².